The highest BCUT2D eigenvalue weighted by Crippen LogP contribution is 2.19. The number of sulfone groups is 2. The lowest BCUT2D eigenvalue weighted by molar-refractivity contribution is -0.119. The third kappa shape index (κ3) is 7.69. The van der Waals surface area contributed by atoms with E-state index >= 15 is 0 Å². The number of hydrogen-bond donors (Lipinski definition) is 0. The van der Waals surface area contributed by atoms with E-state index in [-0.39, 0.29) is 29.1 Å². The van der Waals surface area contributed by atoms with Crippen LogP contribution in [0.2, 0.25) is 0 Å². The molecule has 0 aromatic heterocycles. The summed E-state index contributed by atoms with van der Waals surface area (Å²) in [6, 6.07) is 16.6. The Kier molecular flexibility index (Phi) is 8.79. The quantitative estimate of drug-likeness (QED) is 0.480. The monoisotopic (exact) mass is 450 g/mol. The van der Waals surface area contributed by atoms with Crippen molar-refractivity contribution in [2.45, 2.75) is 49.3 Å². The number of rotatable bonds is 12. The van der Waals surface area contributed by atoms with Gasteiger partial charge in [-0.15, -0.1) is 0 Å². The van der Waals surface area contributed by atoms with Crippen LogP contribution in [0.15, 0.2) is 70.5 Å². The molecule has 2 unspecified atom stereocenters. The van der Waals surface area contributed by atoms with Gasteiger partial charge in [-0.3, -0.25) is 4.79 Å². The molecule has 0 N–H and O–H groups in total. The summed E-state index contributed by atoms with van der Waals surface area (Å²) in [5.74, 6) is -0.195. The molecule has 0 saturated carbocycles. The number of Topliss-reactive ketones (excluding diaryl/α,β-unsaturated/α-hetero) is 1. The first-order chi connectivity index (χ1) is 14.1. The fraction of sp³-hybridized carbons (Fsp3) is 0.435. The molecule has 2 rings (SSSR count). The zero-order chi connectivity index (χ0) is 22.2. The average Bonchev–Trinajstić information content (AvgIpc) is 2.71. The van der Waals surface area contributed by atoms with E-state index in [9.17, 15) is 21.6 Å². The van der Waals surface area contributed by atoms with Crippen molar-refractivity contribution in [1.29, 1.82) is 0 Å². The van der Waals surface area contributed by atoms with Gasteiger partial charge in [0.05, 0.1) is 21.3 Å². The topological polar surface area (TPSA) is 85.3 Å². The smallest absolute Gasteiger partial charge is 0.178 e. The van der Waals surface area contributed by atoms with E-state index in [0.29, 0.717) is 35.5 Å². The van der Waals surface area contributed by atoms with Gasteiger partial charge in [0.25, 0.3) is 0 Å². The predicted molar refractivity (Wildman–Crippen MR) is 119 cm³/mol. The molecule has 7 heteroatoms. The molecule has 30 heavy (non-hydrogen) atoms. The first-order valence-electron chi connectivity index (χ1n) is 10.2. The van der Waals surface area contributed by atoms with Crippen molar-refractivity contribution in [3.63, 3.8) is 0 Å². The second-order valence-electron chi connectivity index (χ2n) is 8.02. The third-order valence-electron chi connectivity index (χ3n) is 5.04. The molecule has 0 fully saturated rings. The van der Waals surface area contributed by atoms with E-state index in [1.807, 2.05) is 13.8 Å². The molecule has 0 aliphatic rings. The number of carbonyl (C=O) groups is 1. The highest BCUT2D eigenvalue weighted by atomic mass is 32.2. The number of hydrogen-bond acceptors (Lipinski definition) is 5. The molecule has 0 spiro atoms. The average molecular weight is 451 g/mol. The lowest BCUT2D eigenvalue weighted by Gasteiger charge is -2.13. The first kappa shape index (κ1) is 24.3. The molecule has 2 atom stereocenters. The summed E-state index contributed by atoms with van der Waals surface area (Å²) in [5.41, 5.74) is 0. The summed E-state index contributed by atoms with van der Waals surface area (Å²) in [7, 11) is -6.72. The lowest BCUT2D eigenvalue weighted by Crippen LogP contribution is -2.17. The van der Waals surface area contributed by atoms with Crippen molar-refractivity contribution >= 4 is 25.5 Å². The van der Waals surface area contributed by atoms with Crippen LogP contribution in [0.25, 0.3) is 0 Å². The second kappa shape index (κ2) is 10.9. The molecule has 0 aliphatic carbocycles. The molecule has 2 aromatic carbocycles. The van der Waals surface area contributed by atoms with Gasteiger partial charge in [0, 0.05) is 12.8 Å². The van der Waals surface area contributed by atoms with Crippen LogP contribution in [0.4, 0.5) is 0 Å². The molecule has 164 valence electrons. The molecular formula is C23H30O5S2. The number of ketones is 1. The highest BCUT2D eigenvalue weighted by molar-refractivity contribution is 7.91. The SMILES string of the molecule is CC(CCC(=O)CCC(C)CS(=O)(=O)c1ccccc1)CS(=O)(=O)c1ccccc1. The van der Waals surface area contributed by atoms with Gasteiger partial charge in [0.15, 0.2) is 19.7 Å². The summed E-state index contributed by atoms with van der Waals surface area (Å²) in [4.78, 5) is 12.8. The zero-order valence-electron chi connectivity index (χ0n) is 17.5. The third-order valence-corrected chi connectivity index (χ3v) is 9.04. The van der Waals surface area contributed by atoms with Crippen molar-refractivity contribution < 1.29 is 21.6 Å². The second-order valence-corrected chi connectivity index (χ2v) is 12.1. The summed E-state index contributed by atoms with van der Waals surface area (Å²) in [5, 5.41) is 0. The molecule has 2 aromatic rings. The summed E-state index contributed by atoms with van der Waals surface area (Å²) in [6.45, 7) is 3.67. The Bertz CT molecular complexity index is 930. The van der Waals surface area contributed by atoms with Gasteiger partial charge in [0.2, 0.25) is 0 Å². The molecule has 0 heterocycles. The first-order valence-corrected chi connectivity index (χ1v) is 13.5. The fourth-order valence-electron chi connectivity index (χ4n) is 3.30. The minimum absolute atomic E-state index is 0.00994. The van der Waals surface area contributed by atoms with Crippen LogP contribution in [0.5, 0.6) is 0 Å². The molecule has 5 nitrogen and oxygen atoms in total. The Hall–Kier alpha value is -1.99. The molecule has 0 aliphatic heterocycles. The van der Waals surface area contributed by atoms with E-state index in [4.69, 9.17) is 0 Å². The van der Waals surface area contributed by atoms with Crippen LogP contribution in [0.3, 0.4) is 0 Å². The van der Waals surface area contributed by atoms with Crippen molar-refractivity contribution in [2.24, 2.45) is 11.8 Å². The highest BCUT2D eigenvalue weighted by Gasteiger charge is 2.21. The Morgan fingerprint density at radius 2 is 1.00 bits per heavy atom. The zero-order valence-corrected chi connectivity index (χ0v) is 19.2. The Labute approximate surface area is 180 Å². The minimum atomic E-state index is -3.36. The van der Waals surface area contributed by atoms with E-state index in [1.165, 1.54) is 0 Å². The maximum atomic E-state index is 12.4. The van der Waals surface area contributed by atoms with Crippen LogP contribution in [0.1, 0.15) is 39.5 Å². The summed E-state index contributed by atoms with van der Waals surface area (Å²) in [6.07, 6.45) is 1.62. The van der Waals surface area contributed by atoms with Gasteiger partial charge in [-0.05, 0) is 48.9 Å². The number of carbonyl (C=O) groups excluding carboxylic acids is 1. The molecular weight excluding hydrogens is 420 g/mol. The molecule has 0 amide bonds. The maximum absolute atomic E-state index is 12.4. The normalized spacial score (nSPS) is 14.2. The lowest BCUT2D eigenvalue weighted by atomic mass is 10.00. The standard InChI is InChI=1S/C23H30O5S2/c1-19(17-29(25,26)22-9-5-3-6-10-22)13-15-21(24)16-14-20(2)18-30(27,28)23-11-7-4-8-12-23/h3-12,19-20H,13-18H2,1-2H3. The molecule has 0 bridgehead atoms. The van der Waals surface area contributed by atoms with Gasteiger partial charge >= 0.3 is 0 Å². The van der Waals surface area contributed by atoms with E-state index in [2.05, 4.69) is 0 Å². The van der Waals surface area contributed by atoms with Crippen molar-refractivity contribution in [3.8, 4) is 0 Å². The van der Waals surface area contributed by atoms with Crippen molar-refractivity contribution in [1.82, 2.24) is 0 Å². The van der Waals surface area contributed by atoms with Crippen LogP contribution >= 0.6 is 0 Å². The fourth-order valence-corrected chi connectivity index (χ4v) is 6.66. The van der Waals surface area contributed by atoms with Gasteiger partial charge in [-0.2, -0.15) is 0 Å². The molecule has 0 saturated heterocycles. The largest absolute Gasteiger partial charge is 0.300 e. The Balaban J connectivity index is 1.75. The minimum Gasteiger partial charge on any atom is -0.300 e. The predicted octanol–water partition coefficient (Wildman–Crippen LogP) is 4.34. The summed E-state index contributed by atoms with van der Waals surface area (Å²) >= 11 is 0. The van der Waals surface area contributed by atoms with Gasteiger partial charge in [0.1, 0.15) is 5.78 Å². The van der Waals surface area contributed by atoms with Crippen molar-refractivity contribution in [2.75, 3.05) is 11.5 Å². The van der Waals surface area contributed by atoms with E-state index in [0.717, 1.165) is 0 Å². The van der Waals surface area contributed by atoms with Gasteiger partial charge in [-0.1, -0.05) is 50.2 Å². The summed E-state index contributed by atoms with van der Waals surface area (Å²) < 4.78 is 49.6. The maximum Gasteiger partial charge on any atom is 0.178 e. The van der Waals surface area contributed by atoms with Crippen LogP contribution in [0, 0.1) is 11.8 Å². The molecule has 0 radical (unpaired) electrons. The van der Waals surface area contributed by atoms with Gasteiger partial charge < -0.3 is 0 Å². The Morgan fingerprint density at radius 1 is 0.667 bits per heavy atom. The van der Waals surface area contributed by atoms with Crippen LogP contribution < -0.4 is 0 Å². The van der Waals surface area contributed by atoms with Crippen LogP contribution in [-0.4, -0.2) is 34.1 Å². The van der Waals surface area contributed by atoms with E-state index in [1.54, 1.807) is 60.7 Å². The van der Waals surface area contributed by atoms with Crippen LogP contribution in [-0.2, 0) is 24.5 Å². The van der Waals surface area contributed by atoms with Gasteiger partial charge in [-0.25, -0.2) is 16.8 Å². The van der Waals surface area contributed by atoms with E-state index < -0.39 is 19.7 Å². The Morgan fingerprint density at radius 3 is 1.33 bits per heavy atom. The van der Waals surface area contributed by atoms with Crippen molar-refractivity contribution in [3.05, 3.63) is 60.7 Å². The number of benzene rings is 2.